The monoisotopic (exact) mass is 398 g/mol. The average Bonchev–Trinajstić information content (AvgIpc) is 2.76. The first-order valence-corrected chi connectivity index (χ1v) is 10.3. The molecule has 4 heteroatoms. The summed E-state index contributed by atoms with van der Waals surface area (Å²) >= 11 is 0. The highest BCUT2D eigenvalue weighted by atomic mass is 19.1. The highest BCUT2D eigenvalue weighted by Gasteiger charge is 2.19. The summed E-state index contributed by atoms with van der Waals surface area (Å²) in [4.78, 5) is 11.4. The number of allylic oxidation sites excluding steroid dienone is 2. The Bertz CT molecular complexity index is 824. The minimum absolute atomic E-state index is 0.169. The molecule has 0 radical (unpaired) electrons. The van der Waals surface area contributed by atoms with Crippen LogP contribution < -0.4 is 4.74 Å². The Labute approximate surface area is 173 Å². The number of rotatable bonds is 6. The molecule has 29 heavy (non-hydrogen) atoms. The van der Waals surface area contributed by atoms with Crippen LogP contribution in [0.2, 0.25) is 0 Å². The smallest absolute Gasteiger partial charge is 0.305 e. The summed E-state index contributed by atoms with van der Waals surface area (Å²) in [5.41, 5.74) is 4.20. The molecule has 0 amide bonds. The molecule has 0 spiro atoms. The molecule has 1 aliphatic rings. The minimum atomic E-state index is -0.350. The second-order valence-corrected chi connectivity index (χ2v) is 7.07. The first kappa shape index (κ1) is 22.7. The second kappa shape index (κ2) is 11.4. The molecule has 0 aliphatic heterocycles. The van der Waals surface area contributed by atoms with E-state index in [4.69, 9.17) is 9.47 Å². The fourth-order valence-electron chi connectivity index (χ4n) is 3.32. The fourth-order valence-corrected chi connectivity index (χ4v) is 3.32. The zero-order chi connectivity index (χ0) is 21.2. The standard InChI is InChI=1S/C23H25FO3.C2H6/c1-16-3-5-18(6-4-16)15-27-22-12-11-20(14-21(22)24)19-9-7-17(8-10-19)13-23(25)26-2;1-2/h3-6,9,11-12,14,17H,7-8,10,13,15H2,1-2H3;1-2H3. The molecule has 0 N–H and O–H groups in total. The summed E-state index contributed by atoms with van der Waals surface area (Å²) in [5.74, 6) is 0.0534. The molecule has 156 valence electrons. The highest BCUT2D eigenvalue weighted by molar-refractivity contribution is 5.70. The SMILES string of the molecule is CC.COC(=O)CC1CC=C(c2ccc(OCc3ccc(C)cc3)c(F)c2)CC1. The van der Waals surface area contributed by atoms with E-state index in [1.54, 1.807) is 6.07 Å². The number of benzene rings is 2. The summed E-state index contributed by atoms with van der Waals surface area (Å²) in [6.45, 7) is 6.37. The van der Waals surface area contributed by atoms with Crippen molar-refractivity contribution in [2.75, 3.05) is 7.11 Å². The van der Waals surface area contributed by atoms with Crippen LogP contribution in [-0.2, 0) is 16.1 Å². The molecule has 0 fully saturated rings. The zero-order valence-corrected chi connectivity index (χ0v) is 17.8. The maximum atomic E-state index is 14.5. The van der Waals surface area contributed by atoms with Crippen molar-refractivity contribution >= 4 is 11.5 Å². The zero-order valence-electron chi connectivity index (χ0n) is 17.8. The lowest BCUT2D eigenvalue weighted by Crippen LogP contribution is -2.12. The summed E-state index contributed by atoms with van der Waals surface area (Å²) < 4.78 is 24.8. The molecule has 0 saturated heterocycles. The van der Waals surface area contributed by atoms with Gasteiger partial charge in [0.05, 0.1) is 7.11 Å². The van der Waals surface area contributed by atoms with Gasteiger partial charge in [-0.2, -0.15) is 0 Å². The molecule has 1 aliphatic carbocycles. The normalized spacial score (nSPS) is 15.6. The Kier molecular flexibility index (Phi) is 8.91. The van der Waals surface area contributed by atoms with E-state index in [0.29, 0.717) is 18.9 Å². The number of hydrogen-bond acceptors (Lipinski definition) is 3. The van der Waals surface area contributed by atoms with Gasteiger partial charge in [0.2, 0.25) is 0 Å². The number of halogens is 1. The van der Waals surface area contributed by atoms with Crippen molar-refractivity contribution in [3.05, 3.63) is 71.0 Å². The maximum Gasteiger partial charge on any atom is 0.305 e. The lowest BCUT2D eigenvalue weighted by Gasteiger charge is -2.21. The number of esters is 1. The highest BCUT2D eigenvalue weighted by Crippen LogP contribution is 2.33. The Balaban J connectivity index is 0.00000145. The van der Waals surface area contributed by atoms with Gasteiger partial charge in [-0.15, -0.1) is 0 Å². The van der Waals surface area contributed by atoms with Crippen LogP contribution in [-0.4, -0.2) is 13.1 Å². The summed E-state index contributed by atoms with van der Waals surface area (Å²) in [6, 6.07) is 13.1. The lowest BCUT2D eigenvalue weighted by molar-refractivity contribution is -0.141. The molecule has 3 rings (SSSR count). The van der Waals surface area contributed by atoms with Gasteiger partial charge >= 0.3 is 5.97 Å². The molecule has 1 unspecified atom stereocenters. The molecular formula is C25H31FO3. The van der Waals surface area contributed by atoms with Crippen molar-refractivity contribution in [3.8, 4) is 5.75 Å². The van der Waals surface area contributed by atoms with Gasteiger partial charge in [0.15, 0.2) is 11.6 Å². The molecule has 0 bridgehead atoms. The maximum absolute atomic E-state index is 14.5. The largest absolute Gasteiger partial charge is 0.486 e. The predicted octanol–water partition coefficient (Wildman–Crippen LogP) is 6.49. The van der Waals surface area contributed by atoms with Gasteiger partial charge in [0, 0.05) is 6.42 Å². The summed E-state index contributed by atoms with van der Waals surface area (Å²) in [5, 5.41) is 0. The van der Waals surface area contributed by atoms with E-state index in [9.17, 15) is 9.18 Å². The number of ether oxygens (including phenoxy) is 2. The van der Waals surface area contributed by atoms with Crippen LogP contribution in [0, 0.1) is 18.7 Å². The van der Waals surface area contributed by atoms with E-state index >= 15 is 0 Å². The van der Waals surface area contributed by atoms with Gasteiger partial charge in [-0.1, -0.05) is 55.8 Å². The van der Waals surface area contributed by atoms with Gasteiger partial charge in [-0.3, -0.25) is 4.79 Å². The molecular weight excluding hydrogens is 367 g/mol. The molecule has 1 atom stereocenters. The number of methoxy groups -OCH3 is 1. The first-order chi connectivity index (χ1) is 14.0. The van der Waals surface area contributed by atoms with Crippen molar-refractivity contribution in [1.82, 2.24) is 0 Å². The molecule has 0 heterocycles. The van der Waals surface area contributed by atoms with Crippen LogP contribution >= 0.6 is 0 Å². The number of carbonyl (C=O) groups is 1. The summed E-state index contributed by atoms with van der Waals surface area (Å²) in [6.07, 6.45) is 5.12. The van der Waals surface area contributed by atoms with Crippen molar-refractivity contribution in [2.45, 2.75) is 53.1 Å². The van der Waals surface area contributed by atoms with Crippen LogP contribution in [0.5, 0.6) is 5.75 Å². The van der Waals surface area contributed by atoms with Gasteiger partial charge < -0.3 is 9.47 Å². The Morgan fingerprint density at radius 1 is 1.14 bits per heavy atom. The minimum Gasteiger partial charge on any atom is -0.486 e. The van der Waals surface area contributed by atoms with Crippen LogP contribution in [0.1, 0.15) is 56.2 Å². The van der Waals surface area contributed by atoms with Gasteiger partial charge in [-0.25, -0.2) is 4.39 Å². The third-order valence-corrected chi connectivity index (χ3v) is 5.02. The molecule has 0 aromatic heterocycles. The third-order valence-electron chi connectivity index (χ3n) is 5.02. The van der Waals surface area contributed by atoms with Crippen molar-refractivity contribution in [1.29, 1.82) is 0 Å². The van der Waals surface area contributed by atoms with E-state index < -0.39 is 0 Å². The molecule has 3 nitrogen and oxygen atoms in total. The van der Waals surface area contributed by atoms with Gasteiger partial charge in [0.1, 0.15) is 6.61 Å². The van der Waals surface area contributed by atoms with Crippen LogP contribution in [0.15, 0.2) is 48.5 Å². The van der Waals surface area contributed by atoms with Crippen LogP contribution in [0.25, 0.3) is 5.57 Å². The molecule has 2 aromatic rings. The number of hydrogen-bond donors (Lipinski definition) is 0. The number of aryl methyl sites for hydroxylation is 1. The predicted molar refractivity (Wildman–Crippen MR) is 115 cm³/mol. The summed E-state index contributed by atoms with van der Waals surface area (Å²) in [7, 11) is 1.41. The number of carbonyl (C=O) groups excluding carboxylic acids is 1. The van der Waals surface area contributed by atoms with Crippen molar-refractivity contribution < 1.29 is 18.7 Å². The van der Waals surface area contributed by atoms with Crippen LogP contribution in [0.3, 0.4) is 0 Å². The Hall–Kier alpha value is -2.62. The topological polar surface area (TPSA) is 35.5 Å². The van der Waals surface area contributed by atoms with Gasteiger partial charge in [-0.05, 0) is 60.9 Å². The Morgan fingerprint density at radius 2 is 1.86 bits per heavy atom. The average molecular weight is 399 g/mol. The third kappa shape index (κ3) is 6.74. The quantitative estimate of drug-likeness (QED) is 0.522. The lowest BCUT2D eigenvalue weighted by atomic mass is 9.85. The van der Waals surface area contributed by atoms with E-state index in [0.717, 1.165) is 36.0 Å². The van der Waals surface area contributed by atoms with Crippen molar-refractivity contribution in [2.24, 2.45) is 5.92 Å². The van der Waals surface area contributed by atoms with E-state index in [1.807, 2.05) is 51.1 Å². The van der Waals surface area contributed by atoms with E-state index in [2.05, 4.69) is 6.08 Å². The van der Waals surface area contributed by atoms with Gasteiger partial charge in [0.25, 0.3) is 0 Å². The van der Waals surface area contributed by atoms with Crippen molar-refractivity contribution in [3.63, 3.8) is 0 Å². The molecule has 2 aromatic carbocycles. The second-order valence-electron chi connectivity index (χ2n) is 7.07. The molecule has 0 saturated carbocycles. The van der Waals surface area contributed by atoms with E-state index in [-0.39, 0.29) is 17.5 Å². The van der Waals surface area contributed by atoms with E-state index in [1.165, 1.54) is 18.7 Å². The fraction of sp³-hybridized carbons (Fsp3) is 0.400. The first-order valence-electron chi connectivity index (χ1n) is 10.3. The Morgan fingerprint density at radius 3 is 2.45 bits per heavy atom. The van der Waals surface area contributed by atoms with Crippen LogP contribution in [0.4, 0.5) is 4.39 Å².